The molecule has 8 heteroatoms. The summed E-state index contributed by atoms with van der Waals surface area (Å²) >= 11 is 0. The molecule has 0 atom stereocenters. The van der Waals surface area contributed by atoms with Gasteiger partial charge >= 0.3 is 5.97 Å². The second-order valence-corrected chi connectivity index (χ2v) is 4.57. The number of nitrogens with zero attached hydrogens (tertiary/aromatic N) is 1. The van der Waals surface area contributed by atoms with Crippen molar-refractivity contribution in [3.63, 3.8) is 0 Å². The molecule has 2 amide bonds. The van der Waals surface area contributed by atoms with Gasteiger partial charge in [0.05, 0.1) is 12.1 Å². The Labute approximate surface area is 132 Å². The number of halogens is 2. The van der Waals surface area contributed by atoms with Crippen molar-refractivity contribution in [1.82, 2.24) is 10.2 Å². The number of rotatable bonds is 7. The van der Waals surface area contributed by atoms with Crippen molar-refractivity contribution in [2.75, 3.05) is 26.2 Å². The fourth-order valence-corrected chi connectivity index (χ4v) is 1.73. The summed E-state index contributed by atoms with van der Waals surface area (Å²) < 4.78 is 30.6. The average molecular weight is 328 g/mol. The van der Waals surface area contributed by atoms with Crippen molar-refractivity contribution in [3.8, 4) is 0 Å². The molecule has 0 saturated heterocycles. The zero-order valence-corrected chi connectivity index (χ0v) is 12.9. The minimum Gasteiger partial charge on any atom is -0.452 e. The third-order valence-electron chi connectivity index (χ3n) is 2.92. The molecule has 0 heterocycles. The fraction of sp³-hybridized carbons (Fsp3) is 0.400. The van der Waals surface area contributed by atoms with Crippen molar-refractivity contribution in [2.45, 2.75) is 13.8 Å². The van der Waals surface area contributed by atoms with E-state index in [4.69, 9.17) is 4.74 Å². The Balaban J connectivity index is 2.57. The van der Waals surface area contributed by atoms with Crippen molar-refractivity contribution < 1.29 is 27.9 Å². The maximum Gasteiger partial charge on any atom is 0.338 e. The van der Waals surface area contributed by atoms with Crippen LogP contribution in [0.1, 0.15) is 24.2 Å². The molecule has 0 spiro atoms. The second-order valence-electron chi connectivity index (χ2n) is 4.57. The summed E-state index contributed by atoms with van der Waals surface area (Å²) in [4.78, 5) is 36.3. The van der Waals surface area contributed by atoms with E-state index >= 15 is 0 Å². The molecule has 0 bridgehead atoms. The first-order chi connectivity index (χ1) is 10.9. The number of hydrogen-bond acceptors (Lipinski definition) is 4. The molecule has 1 rings (SSSR count). The molecular formula is C15H18F2N2O4. The van der Waals surface area contributed by atoms with E-state index in [0.29, 0.717) is 12.6 Å². The Morgan fingerprint density at radius 1 is 1.17 bits per heavy atom. The van der Waals surface area contributed by atoms with E-state index in [2.05, 4.69) is 5.32 Å². The number of carbonyl (C=O) groups excluding carboxylic acids is 3. The van der Waals surface area contributed by atoms with Crippen LogP contribution in [0.4, 0.5) is 8.78 Å². The van der Waals surface area contributed by atoms with Crippen molar-refractivity contribution in [3.05, 3.63) is 35.4 Å². The summed E-state index contributed by atoms with van der Waals surface area (Å²) in [5, 5.41) is 2.55. The highest BCUT2D eigenvalue weighted by Gasteiger charge is 2.18. The topological polar surface area (TPSA) is 75.7 Å². The van der Waals surface area contributed by atoms with Gasteiger partial charge in [0, 0.05) is 13.1 Å². The number of amides is 2. The molecule has 23 heavy (non-hydrogen) atoms. The lowest BCUT2D eigenvalue weighted by Crippen LogP contribution is -2.42. The summed E-state index contributed by atoms with van der Waals surface area (Å²) in [5.41, 5.74) is -0.205. The Bertz CT molecular complexity index is 593. The third-order valence-corrected chi connectivity index (χ3v) is 2.92. The SMILES string of the molecule is CCNC(=O)CN(CC)C(=O)COC(=O)c1ccc(F)c(F)c1. The van der Waals surface area contributed by atoms with Crippen LogP contribution in [0.5, 0.6) is 0 Å². The number of likely N-dealkylation sites (N-methyl/N-ethyl adjacent to an activating group) is 2. The Kier molecular flexibility index (Phi) is 7.11. The zero-order valence-electron chi connectivity index (χ0n) is 12.9. The Hall–Kier alpha value is -2.51. The monoisotopic (exact) mass is 328 g/mol. The van der Waals surface area contributed by atoms with Crippen LogP contribution in [-0.2, 0) is 14.3 Å². The molecular weight excluding hydrogens is 310 g/mol. The molecule has 6 nitrogen and oxygen atoms in total. The maximum atomic E-state index is 13.0. The van der Waals surface area contributed by atoms with Gasteiger partial charge in [-0.2, -0.15) is 0 Å². The molecule has 1 aromatic carbocycles. The number of benzene rings is 1. The largest absolute Gasteiger partial charge is 0.452 e. The first kappa shape index (κ1) is 18.5. The highest BCUT2D eigenvalue weighted by molar-refractivity contribution is 5.92. The lowest BCUT2D eigenvalue weighted by molar-refractivity contribution is -0.138. The van der Waals surface area contributed by atoms with Gasteiger partial charge in [0.2, 0.25) is 5.91 Å². The summed E-state index contributed by atoms with van der Waals surface area (Å²) in [7, 11) is 0. The lowest BCUT2D eigenvalue weighted by atomic mass is 10.2. The first-order valence-corrected chi connectivity index (χ1v) is 7.05. The van der Waals surface area contributed by atoms with Gasteiger partial charge in [-0.25, -0.2) is 13.6 Å². The summed E-state index contributed by atoms with van der Waals surface area (Å²) in [5.74, 6) is -4.11. The minimum atomic E-state index is -1.18. The van der Waals surface area contributed by atoms with Gasteiger partial charge in [-0.15, -0.1) is 0 Å². The van der Waals surface area contributed by atoms with E-state index in [9.17, 15) is 23.2 Å². The van der Waals surface area contributed by atoms with Gasteiger partial charge in [-0.1, -0.05) is 0 Å². The van der Waals surface area contributed by atoms with Gasteiger partial charge in [-0.05, 0) is 32.0 Å². The number of hydrogen-bond donors (Lipinski definition) is 1. The number of esters is 1. The average Bonchev–Trinajstić information content (AvgIpc) is 2.52. The number of ether oxygens (including phenoxy) is 1. The summed E-state index contributed by atoms with van der Waals surface area (Å²) in [6.07, 6.45) is 0. The Morgan fingerprint density at radius 2 is 1.87 bits per heavy atom. The van der Waals surface area contributed by atoms with E-state index in [0.717, 1.165) is 12.1 Å². The van der Waals surface area contributed by atoms with Crippen LogP contribution < -0.4 is 5.32 Å². The second kappa shape index (κ2) is 8.82. The lowest BCUT2D eigenvalue weighted by Gasteiger charge is -2.20. The highest BCUT2D eigenvalue weighted by Crippen LogP contribution is 2.09. The predicted octanol–water partition coefficient (Wildman–Crippen LogP) is 1.11. The number of carbonyl (C=O) groups is 3. The quantitative estimate of drug-likeness (QED) is 0.761. The van der Waals surface area contributed by atoms with E-state index in [-0.39, 0.29) is 24.6 Å². The molecule has 1 N–H and O–H groups in total. The van der Waals surface area contributed by atoms with Gasteiger partial charge in [-0.3, -0.25) is 9.59 Å². The molecule has 0 fully saturated rings. The van der Waals surface area contributed by atoms with Gasteiger partial charge in [0.1, 0.15) is 0 Å². The molecule has 0 aliphatic heterocycles. The molecule has 0 aromatic heterocycles. The van der Waals surface area contributed by atoms with Crippen LogP contribution in [0, 0.1) is 11.6 Å². The van der Waals surface area contributed by atoms with E-state index in [1.807, 2.05) is 0 Å². The summed E-state index contributed by atoms with van der Waals surface area (Å²) in [6.45, 7) is 3.39. The van der Waals surface area contributed by atoms with Gasteiger partial charge in [0.25, 0.3) is 5.91 Å². The fourth-order valence-electron chi connectivity index (χ4n) is 1.73. The zero-order chi connectivity index (χ0) is 17.4. The van der Waals surface area contributed by atoms with Crippen molar-refractivity contribution >= 4 is 17.8 Å². The molecule has 0 unspecified atom stereocenters. The molecule has 0 aliphatic rings. The molecule has 0 saturated carbocycles. The van der Waals surface area contributed by atoms with E-state index in [1.165, 1.54) is 4.90 Å². The smallest absolute Gasteiger partial charge is 0.338 e. The minimum absolute atomic E-state index is 0.147. The van der Waals surface area contributed by atoms with Gasteiger partial charge < -0.3 is 15.0 Å². The van der Waals surface area contributed by atoms with Crippen LogP contribution in [0.25, 0.3) is 0 Å². The molecule has 126 valence electrons. The Morgan fingerprint density at radius 3 is 2.43 bits per heavy atom. The highest BCUT2D eigenvalue weighted by atomic mass is 19.2. The van der Waals surface area contributed by atoms with Crippen LogP contribution in [-0.4, -0.2) is 48.9 Å². The summed E-state index contributed by atoms with van der Waals surface area (Å²) in [6, 6.07) is 2.53. The maximum absolute atomic E-state index is 13.0. The van der Waals surface area contributed by atoms with E-state index in [1.54, 1.807) is 13.8 Å². The van der Waals surface area contributed by atoms with Crippen molar-refractivity contribution in [2.24, 2.45) is 0 Å². The molecule has 0 aliphatic carbocycles. The van der Waals surface area contributed by atoms with Crippen LogP contribution >= 0.6 is 0 Å². The predicted molar refractivity (Wildman–Crippen MR) is 77.6 cm³/mol. The van der Waals surface area contributed by atoms with Crippen molar-refractivity contribution in [1.29, 1.82) is 0 Å². The van der Waals surface area contributed by atoms with E-state index < -0.39 is 30.1 Å². The van der Waals surface area contributed by atoms with Crippen LogP contribution in [0.2, 0.25) is 0 Å². The van der Waals surface area contributed by atoms with Crippen LogP contribution in [0.15, 0.2) is 18.2 Å². The normalized spacial score (nSPS) is 10.1. The standard InChI is InChI=1S/C15H18F2N2O4/c1-3-18-13(20)8-19(4-2)14(21)9-23-15(22)10-5-6-11(16)12(17)7-10/h5-7H,3-4,8-9H2,1-2H3,(H,18,20). The number of nitrogens with one attached hydrogen (secondary N) is 1. The first-order valence-electron chi connectivity index (χ1n) is 7.05. The third kappa shape index (κ3) is 5.65. The van der Waals surface area contributed by atoms with Gasteiger partial charge in [0.15, 0.2) is 18.2 Å². The molecule has 1 aromatic rings. The molecule has 0 radical (unpaired) electrons. The van der Waals surface area contributed by atoms with Crippen LogP contribution in [0.3, 0.4) is 0 Å².